The minimum absolute atomic E-state index is 0.251. The molecule has 2 aromatic carbocycles. The number of amides is 1. The number of sulfonamides is 1. The molecule has 0 aromatic heterocycles. The second kappa shape index (κ2) is 12.6. The molecular weight excluding hydrogens is 480 g/mol. The van der Waals surface area contributed by atoms with Gasteiger partial charge in [0.15, 0.2) is 0 Å². The first-order valence-corrected chi connectivity index (χ1v) is 15.5. The molecular formula is C27H40N2O4S2. The molecule has 0 aliphatic heterocycles. The molecule has 1 fully saturated rings. The number of hydrogen-bond donors (Lipinski definition) is 3. The highest BCUT2D eigenvalue weighted by molar-refractivity contribution is 7.99. The number of carbonyl (C=O) groups is 1. The summed E-state index contributed by atoms with van der Waals surface area (Å²) in [6.45, 7) is 6.47. The molecule has 0 bridgehead atoms. The van der Waals surface area contributed by atoms with Gasteiger partial charge >= 0.3 is 0 Å². The molecule has 1 aliphatic rings. The van der Waals surface area contributed by atoms with Crippen LogP contribution in [-0.4, -0.2) is 49.6 Å². The van der Waals surface area contributed by atoms with Crippen molar-refractivity contribution >= 4 is 38.5 Å². The van der Waals surface area contributed by atoms with E-state index >= 15 is 0 Å². The van der Waals surface area contributed by atoms with Crippen molar-refractivity contribution in [2.75, 3.05) is 12.0 Å². The summed E-state index contributed by atoms with van der Waals surface area (Å²) in [4.78, 5) is 14.1. The lowest BCUT2D eigenvalue weighted by atomic mass is 9.73. The predicted molar refractivity (Wildman–Crippen MR) is 145 cm³/mol. The Labute approximate surface area is 214 Å². The minimum Gasteiger partial charge on any atom is -0.391 e. The van der Waals surface area contributed by atoms with Gasteiger partial charge in [0.05, 0.1) is 18.4 Å². The summed E-state index contributed by atoms with van der Waals surface area (Å²) in [5.74, 6) is 1.57. The SMILES string of the molecule is CCC(NC(=O)C(CSc1ccc2ccccc2c1)NS(C)(=O)=O)C(O)CC1CCC(C)CC1C. The molecule has 35 heavy (non-hydrogen) atoms. The number of hydrogen-bond acceptors (Lipinski definition) is 5. The highest BCUT2D eigenvalue weighted by Crippen LogP contribution is 2.36. The van der Waals surface area contributed by atoms with E-state index in [-0.39, 0.29) is 5.75 Å². The lowest BCUT2D eigenvalue weighted by Gasteiger charge is -2.35. The van der Waals surface area contributed by atoms with Gasteiger partial charge in [-0.05, 0) is 66.3 Å². The summed E-state index contributed by atoms with van der Waals surface area (Å²) in [6, 6.07) is 12.7. The van der Waals surface area contributed by atoms with Crippen molar-refractivity contribution in [3.8, 4) is 0 Å². The maximum Gasteiger partial charge on any atom is 0.239 e. The third kappa shape index (κ3) is 8.48. The lowest BCUT2D eigenvalue weighted by molar-refractivity contribution is -0.124. The van der Waals surface area contributed by atoms with Crippen LogP contribution < -0.4 is 10.0 Å². The average molecular weight is 521 g/mol. The second-order valence-corrected chi connectivity index (χ2v) is 13.1. The molecule has 6 nitrogen and oxygen atoms in total. The third-order valence-corrected chi connectivity index (χ3v) is 9.00. The number of nitrogens with one attached hydrogen (secondary N) is 2. The van der Waals surface area contributed by atoms with Crippen LogP contribution in [0.3, 0.4) is 0 Å². The van der Waals surface area contributed by atoms with Crippen molar-refractivity contribution in [3.05, 3.63) is 42.5 Å². The third-order valence-electron chi connectivity index (χ3n) is 7.20. The molecule has 3 N–H and O–H groups in total. The lowest BCUT2D eigenvalue weighted by Crippen LogP contribution is -2.53. The normalized spacial score (nSPS) is 23.5. The fraction of sp³-hybridized carbons (Fsp3) is 0.593. The molecule has 3 rings (SSSR count). The monoisotopic (exact) mass is 520 g/mol. The van der Waals surface area contributed by atoms with E-state index in [9.17, 15) is 18.3 Å². The van der Waals surface area contributed by atoms with Crippen LogP contribution in [0.2, 0.25) is 0 Å². The van der Waals surface area contributed by atoms with Gasteiger partial charge < -0.3 is 10.4 Å². The van der Waals surface area contributed by atoms with Gasteiger partial charge in [0.1, 0.15) is 6.04 Å². The molecule has 6 atom stereocenters. The number of thioether (sulfide) groups is 1. The summed E-state index contributed by atoms with van der Waals surface area (Å²) in [5, 5.41) is 16.1. The van der Waals surface area contributed by atoms with E-state index in [0.717, 1.165) is 34.3 Å². The number of carbonyl (C=O) groups excluding carboxylic acids is 1. The summed E-state index contributed by atoms with van der Waals surface area (Å²) in [7, 11) is -3.59. The molecule has 0 saturated heterocycles. The number of aliphatic hydroxyl groups excluding tert-OH is 1. The Bertz CT molecular complexity index is 1090. The zero-order valence-electron chi connectivity index (χ0n) is 21.2. The fourth-order valence-electron chi connectivity index (χ4n) is 5.16. The molecule has 194 valence electrons. The highest BCUT2D eigenvalue weighted by atomic mass is 32.2. The summed E-state index contributed by atoms with van der Waals surface area (Å²) < 4.78 is 26.5. The van der Waals surface area contributed by atoms with Crippen LogP contribution in [0.15, 0.2) is 47.4 Å². The summed E-state index contributed by atoms with van der Waals surface area (Å²) >= 11 is 1.43. The van der Waals surface area contributed by atoms with Crippen molar-refractivity contribution in [2.45, 2.75) is 76.0 Å². The van der Waals surface area contributed by atoms with E-state index in [1.165, 1.54) is 24.6 Å². The minimum atomic E-state index is -3.59. The van der Waals surface area contributed by atoms with Gasteiger partial charge in [0.2, 0.25) is 15.9 Å². The first-order valence-electron chi connectivity index (χ1n) is 12.6. The Hall–Kier alpha value is -1.61. The molecule has 8 heteroatoms. The van der Waals surface area contributed by atoms with Crippen molar-refractivity contribution in [1.82, 2.24) is 10.0 Å². The van der Waals surface area contributed by atoms with Gasteiger partial charge in [0, 0.05) is 10.6 Å². The van der Waals surface area contributed by atoms with Gasteiger partial charge in [-0.2, -0.15) is 0 Å². The largest absolute Gasteiger partial charge is 0.391 e. The summed E-state index contributed by atoms with van der Waals surface area (Å²) in [5.41, 5.74) is 0. The van der Waals surface area contributed by atoms with Crippen LogP contribution in [0.1, 0.15) is 52.9 Å². The van der Waals surface area contributed by atoms with Gasteiger partial charge in [-0.1, -0.05) is 57.5 Å². The first kappa shape index (κ1) is 28.0. The van der Waals surface area contributed by atoms with E-state index in [0.29, 0.717) is 24.7 Å². The van der Waals surface area contributed by atoms with Crippen LogP contribution in [0.5, 0.6) is 0 Å². The zero-order valence-corrected chi connectivity index (χ0v) is 22.9. The molecule has 1 saturated carbocycles. The van der Waals surface area contributed by atoms with Gasteiger partial charge in [-0.25, -0.2) is 13.1 Å². The molecule has 1 aliphatic carbocycles. The number of fused-ring (bicyclic) bond motifs is 1. The zero-order chi connectivity index (χ0) is 25.6. The topological polar surface area (TPSA) is 95.5 Å². The smallest absolute Gasteiger partial charge is 0.239 e. The fourth-order valence-corrected chi connectivity index (χ4v) is 6.95. The Kier molecular flexibility index (Phi) is 10.0. The van der Waals surface area contributed by atoms with Gasteiger partial charge in [-0.3, -0.25) is 4.79 Å². The molecule has 0 radical (unpaired) electrons. The second-order valence-electron chi connectivity index (χ2n) is 10.2. The maximum atomic E-state index is 13.2. The van der Waals surface area contributed by atoms with Crippen LogP contribution in [0.4, 0.5) is 0 Å². The number of benzene rings is 2. The molecule has 0 heterocycles. The quantitative estimate of drug-likeness (QED) is 0.377. The molecule has 0 spiro atoms. The Morgan fingerprint density at radius 3 is 2.51 bits per heavy atom. The van der Waals surface area contributed by atoms with Crippen LogP contribution in [0.25, 0.3) is 10.8 Å². The van der Waals surface area contributed by atoms with Crippen LogP contribution >= 0.6 is 11.8 Å². The highest BCUT2D eigenvalue weighted by Gasteiger charge is 2.31. The van der Waals surface area contributed by atoms with E-state index in [1.54, 1.807) is 0 Å². The molecule has 2 aromatic rings. The van der Waals surface area contributed by atoms with Crippen LogP contribution in [0, 0.1) is 17.8 Å². The van der Waals surface area contributed by atoms with E-state index in [2.05, 4.69) is 23.9 Å². The van der Waals surface area contributed by atoms with E-state index < -0.39 is 34.1 Å². The van der Waals surface area contributed by atoms with Crippen LogP contribution in [-0.2, 0) is 14.8 Å². The van der Waals surface area contributed by atoms with Crippen molar-refractivity contribution in [3.63, 3.8) is 0 Å². The molecule has 6 unspecified atom stereocenters. The van der Waals surface area contributed by atoms with Gasteiger partial charge in [-0.15, -0.1) is 11.8 Å². The average Bonchev–Trinajstić information content (AvgIpc) is 2.80. The Morgan fingerprint density at radius 2 is 1.86 bits per heavy atom. The van der Waals surface area contributed by atoms with Crippen molar-refractivity contribution in [2.24, 2.45) is 17.8 Å². The first-order chi connectivity index (χ1) is 16.6. The standard InChI is InChI=1S/C27H40N2O4S2/c1-5-24(26(30)16-21-11-10-18(2)14-19(21)3)28-27(31)25(29-35(4,32)33)17-34-23-13-12-20-8-6-7-9-22(20)15-23/h6-9,12-13,15,18-19,21,24-26,29-30H,5,10-11,14,16-17H2,1-4H3,(H,28,31). The van der Waals surface area contributed by atoms with E-state index in [4.69, 9.17) is 0 Å². The molecule has 1 amide bonds. The van der Waals surface area contributed by atoms with Crippen molar-refractivity contribution < 1.29 is 18.3 Å². The number of aliphatic hydroxyl groups is 1. The van der Waals surface area contributed by atoms with Crippen molar-refractivity contribution in [1.29, 1.82) is 0 Å². The Morgan fingerprint density at radius 1 is 1.14 bits per heavy atom. The van der Waals surface area contributed by atoms with Gasteiger partial charge in [0.25, 0.3) is 0 Å². The predicted octanol–water partition coefficient (Wildman–Crippen LogP) is 4.57. The van der Waals surface area contributed by atoms with E-state index in [1.807, 2.05) is 49.4 Å². The number of rotatable bonds is 11. The maximum absolute atomic E-state index is 13.2. The Balaban J connectivity index is 1.64. The summed E-state index contributed by atoms with van der Waals surface area (Å²) in [6.07, 6.45) is 5.09.